The van der Waals surface area contributed by atoms with Gasteiger partial charge in [0.1, 0.15) is 5.82 Å². The molecule has 1 saturated heterocycles. The fourth-order valence-electron chi connectivity index (χ4n) is 2.61. The Morgan fingerprint density at radius 2 is 2.17 bits per heavy atom. The smallest absolute Gasteiger partial charge is 0.150 e. The predicted octanol–water partition coefficient (Wildman–Crippen LogP) is 2.14. The molecule has 1 aromatic rings. The Bertz CT molecular complexity index is 361. The monoisotopic (exact) mass is 248 g/mol. The van der Waals surface area contributed by atoms with E-state index in [2.05, 4.69) is 27.1 Å². The number of nitrogens with one attached hydrogen (secondary N) is 1. The van der Waals surface area contributed by atoms with Crippen LogP contribution in [0.5, 0.6) is 0 Å². The van der Waals surface area contributed by atoms with Gasteiger partial charge in [-0.15, -0.1) is 0 Å². The van der Waals surface area contributed by atoms with Crippen molar-refractivity contribution in [3.8, 4) is 0 Å². The zero-order valence-corrected chi connectivity index (χ0v) is 11.5. The molecule has 1 atom stereocenters. The van der Waals surface area contributed by atoms with Crippen LogP contribution < -0.4 is 10.2 Å². The van der Waals surface area contributed by atoms with Crippen LogP contribution in [0.1, 0.15) is 38.3 Å². The first kappa shape index (κ1) is 13.3. The van der Waals surface area contributed by atoms with Crippen molar-refractivity contribution in [1.82, 2.24) is 15.3 Å². The minimum absolute atomic E-state index is 0.603. The van der Waals surface area contributed by atoms with Crippen molar-refractivity contribution in [3.05, 3.63) is 18.1 Å². The quantitative estimate of drug-likeness (QED) is 0.867. The van der Waals surface area contributed by atoms with Crippen LogP contribution in [-0.4, -0.2) is 35.6 Å². The van der Waals surface area contributed by atoms with Crippen LogP contribution in [-0.2, 0) is 0 Å². The number of hydrogen-bond acceptors (Lipinski definition) is 4. The largest absolute Gasteiger partial charge is 0.354 e. The molecule has 100 valence electrons. The second-order valence-corrected chi connectivity index (χ2v) is 5.06. The molecular formula is C14H24N4. The summed E-state index contributed by atoms with van der Waals surface area (Å²) in [6.07, 6.45) is 8.63. The lowest BCUT2D eigenvalue weighted by Gasteiger charge is -2.31. The highest BCUT2D eigenvalue weighted by atomic mass is 15.2. The van der Waals surface area contributed by atoms with Crippen molar-refractivity contribution in [1.29, 1.82) is 0 Å². The molecule has 1 aliphatic heterocycles. The average Bonchev–Trinajstić information content (AvgIpc) is 2.40. The van der Waals surface area contributed by atoms with Crippen LogP contribution in [0.3, 0.4) is 0 Å². The Balaban J connectivity index is 2.05. The van der Waals surface area contributed by atoms with Gasteiger partial charge in [-0.25, -0.2) is 4.98 Å². The molecule has 0 bridgehead atoms. The molecule has 1 unspecified atom stereocenters. The van der Waals surface area contributed by atoms with E-state index in [0.717, 1.165) is 37.6 Å². The van der Waals surface area contributed by atoms with E-state index in [1.54, 1.807) is 12.4 Å². The van der Waals surface area contributed by atoms with E-state index < -0.39 is 0 Å². The third kappa shape index (κ3) is 3.42. The Morgan fingerprint density at radius 1 is 1.33 bits per heavy atom. The molecule has 1 aliphatic rings. The molecule has 0 aromatic carbocycles. The fourth-order valence-corrected chi connectivity index (χ4v) is 2.61. The number of piperidine rings is 1. The van der Waals surface area contributed by atoms with Crippen LogP contribution in [0.4, 0.5) is 5.82 Å². The van der Waals surface area contributed by atoms with E-state index in [0.29, 0.717) is 6.04 Å². The number of anilines is 1. The first-order valence-electron chi connectivity index (χ1n) is 7.07. The number of hydrogen-bond donors (Lipinski definition) is 1. The van der Waals surface area contributed by atoms with Crippen molar-refractivity contribution >= 4 is 5.82 Å². The van der Waals surface area contributed by atoms with Crippen LogP contribution in [0.15, 0.2) is 12.4 Å². The molecule has 1 aromatic heterocycles. The Labute approximate surface area is 110 Å². The second-order valence-electron chi connectivity index (χ2n) is 5.06. The lowest BCUT2D eigenvalue weighted by molar-refractivity contribution is 0.398. The van der Waals surface area contributed by atoms with Crippen molar-refractivity contribution in [2.45, 2.75) is 45.6 Å². The Hall–Kier alpha value is -1.16. The highest BCUT2D eigenvalue weighted by molar-refractivity contribution is 5.42. The van der Waals surface area contributed by atoms with Crippen LogP contribution in [0, 0.1) is 6.92 Å². The fraction of sp³-hybridized carbons (Fsp3) is 0.714. The zero-order chi connectivity index (χ0) is 12.8. The van der Waals surface area contributed by atoms with E-state index in [1.807, 2.05) is 6.92 Å². The van der Waals surface area contributed by atoms with Crippen molar-refractivity contribution < 1.29 is 0 Å². The Morgan fingerprint density at radius 3 is 2.83 bits per heavy atom. The van der Waals surface area contributed by atoms with Gasteiger partial charge in [0, 0.05) is 31.5 Å². The van der Waals surface area contributed by atoms with Gasteiger partial charge in [0.15, 0.2) is 0 Å². The molecule has 4 heteroatoms. The third-order valence-corrected chi connectivity index (χ3v) is 3.50. The standard InChI is InChI=1S/C14H24N4/c1-3-10-18(11-13-6-4-5-7-16-13)14-12(2)15-8-9-17-14/h8-9,13,16H,3-7,10-11H2,1-2H3. The maximum atomic E-state index is 4.50. The van der Waals surface area contributed by atoms with Crippen LogP contribution in [0.25, 0.3) is 0 Å². The van der Waals surface area contributed by atoms with Gasteiger partial charge in [-0.2, -0.15) is 0 Å². The molecule has 1 N–H and O–H groups in total. The van der Waals surface area contributed by atoms with Crippen LogP contribution >= 0.6 is 0 Å². The molecule has 2 rings (SSSR count). The molecular weight excluding hydrogens is 224 g/mol. The normalized spacial score (nSPS) is 19.8. The number of aromatic nitrogens is 2. The van der Waals surface area contributed by atoms with Gasteiger partial charge in [0.2, 0.25) is 0 Å². The minimum Gasteiger partial charge on any atom is -0.354 e. The summed E-state index contributed by atoms with van der Waals surface area (Å²) < 4.78 is 0. The van der Waals surface area contributed by atoms with Gasteiger partial charge in [0.05, 0.1) is 5.69 Å². The summed E-state index contributed by atoms with van der Waals surface area (Å²) in [5.41, 5.74) is 1.03. The maximum absolute atomic E-state index is 4.50. The van der Waals surface area contributed by atoms with Gasteiger partial charge in [-0.1, -0.05) is 13.3 Å². The highest BCUT2D eigenvalue weighted by Gasteiger charge is 2.18. The first-order valence-corrected chi connectivity index (χ1v) is 7.07. The second kappa shape index (κ2) is 6.69. The molecule has 0 aliphatic carbocycles. The summed E-state index contributed by atoms with van der Waals surface area (Å²) >= 11 is 0. The van der Waals surface area contributed by atoms with E-state index in [4.69, 9.17) is 0 Å². The lowest BCUT2D eigenvalue weighted by Crippen LogP contribution is -2.44. The molecule has 0 saturated carbocycles. The summed E-state index contributed by atoms with van der Waals surface area (Å²) in [5.74, 6) is 1.05. The summed E-state index contributed by atoms with van der Waals surface area (Å²) in [6, 6.07) is 0.603. The van der Waals surface area contributed by atoms with E-state index in [9.17, 15) is 0 Å². The summed E-state index contributed by atoms with van der Waals surface area (Å²) in [6.45, 7) is 7.52. The highest BCUT2D eigenvalue weighted by Crippen LogP contribution is 2.17. The van der Waals surface area contributed by atoms with E-state index >= 15 is 0 Å². The number of nitrogens with zero attached hydrogens (tertiary/aromatic N) is 3. The lowest BCUT2D eigenvalue weighted by atomic mass is 10.0. The molecule has 4 nitrogen and oxygen atoms in total. The van der Waals surface area contributed by atoms with E-state index in [1.165, 1.54) is 19.3 Å². The molecule has 0 spiro atoms. The summed E-state index contributed by atoms with van der Waals surface area (Å²) in [5, 5.41) is 3.61. The van der Waals surface area contributed by atoms with Crippen molar-refractivity contribution in [2.24, 2.45) is 0 Å². The number of rotatable bonds is 5. The molecule has 0 radical (unpaired) electrons. The topological polar surface area (TPSA) is 41.0 Å². The summed E-state index contributed by atoms with van der Waals surface area (Å²) in [7, 11) is 0. The summed E-state index contributed by atoms with van der Waals surface area (Å²) in [4.78, 5) is 11.2. The van der Waals surface area contributed by atoms with Gasteiger partial charge < -0.3 is 10.2 Å². The molecule has 0 amide bonds. The van der Waals surface area contributed by atoms with Gasteiger partial charge in [-0.3, -0.25) is 4.98 Å². The zero-order valence-electron chi connectivity index (χ0n) is 11.5. The minimum atomic E-state index is 0.603. The molecule has 18 heavy (non-hydrogen) atoms. The van der Waals surface area contributed by atoms with E-state index in [-0.39, 0.29) is 0 Å². The Kier molecular flexibility index (Phi) is 4.93. The maximum Gasteiger partial charge on any atom is 0.150 e. The average molecular weight is 248 g/mol. The SMILES string of the molecule is CCCN(CC1CCCCN1)c1nccnc1C. The molecule has 2 heterocycles. The molecule has 1 fully saturated rings. The predicted molar refractivity (Wildman–Crippen MR) is 74.9 cm³/mol. The van der Waals surface area contributed by atoms with Gasteiger partial charge >= 0.3 is 0 Å². The first-order chi connectivity index (χ1) is 8.81. The van der Waals surface area contributed by atoms with Crippen molar-refractivity contribution in [3.63, 3.8) is 0 Å². The van der Waals surface area contributed by atoms with Gasteiger partial charge in [0.25, 0.3) is 0 Å². The number of aryl methyl sites for hydroxylation is 1. The third-order valence-electron chi connectivity index (χ3n) is 3.50. The van der Waals surface area contributed by atoms with Crippen molar-refractivity contribution in [2.75, 3.05) is 24.5 Å². The van der Waals surface area contributed by atoms with Crippen LogP contribution in [0.2, 0.25) is 0 Å². The van der Waals surface area contributed by atoms with Gasteiger partial charge in [-0.05, 0) is 32.7 Å².